The van der Waals surface area contributed by atoms with Crippen molar-refractivity contribution in [1.29, 1.82) is 5.26 Å². The Morgan fingerprint density at radius 3 is 2.43 bits per heavy atom. The van der Waals surface area contributed by atoms with Gasteiger partial charge in [0.15, 0.2) is 0 Å². The summed E-state index contributed by atoms with van der Waals surface area (Å²) in [5, 5.41) is 11.8. The van der Waals surface area contributed by atoms with E-state index in [9.17, 15) is 4.39 Å². The van der Waals surface area contributed by atoms with E-state index in [4.69, 9.17) is 20.5 Å². The van der Waals surface area contributed by atoms with Crippen LogP contribution in [0.5, 0.6) is 11.5 Å². The zero-order chi connectivity index (χ0) is 15.4. The van der Waals surface area contributed by atoms with Gasteiger partial charge in [0.2, 0.25) is 0 Å². The van der Waals surface area contributed by atoms with Crippen LogP contribution >= 0.6 is 0 Å². The van der Waals surface area contributed by atoms with Crippen molar-refractivity contribution in [2.75, 3.05) is 25.3 Å². The van der Waals surface area contributed by atoms with E-state index in [2.05, 4.69) is 5.32 Å². The number of nitriles is 1. The molecule has 2 aromatic rings. The Morgan fingerprint density at radius 1 is 1.10 bits per heavy atom. The van der Waals surface area contributed by atoms with Crippen molar-refractivity contribution in [2.24, 2.45) is 0 Å². The molecule has 0 saturated heterocycles. The Hall–Kier alpha value is -2.94. The molecule has 0 aromatic heterocycles. The van der Waals surface area contributed by atoms with Gasteiger partial charge < -0.3 is 20.5 Å². The summed E-state index contributed by atoms with van der Waals surface area (Å²) in [5.41, 5.74) is 7.03. The van der Waals surface area contributed by atoms with Crippen LogP contribution in [0.1, 0.15) is 5.56 Å². The van der Waals surface area contributed by atoms with Gasteiger partial charge in [0.05, 0.1) is 42.9 Å². The van der Waals surface area contributed by atoms with Gasteiger partial charge in [-0.05, 0) is 12.1 Å². The highest BCUT2D eigenvalue weighted by atomic mass is 19.1. The Balaban J connectivity index is 2.41. The fraction of sp³-hybridized carbons (Fsp3) is 0.133. The summed E-state index contributed by atoms with van der Waals surface area (Å²) in [6.45, 7) is 0. The van der Waals surface area contributed by atoms with Gasteiger partial charge in [-0.1, -0.05) is 0 Å². The van der Waals surface area contributed by atoms with Crippen molar-refractivity contribution >= 4 is 17.1 Å². The average molecular weight is 287 g/mol. The second-order valence-corrected chi connectivity index (χ2v) is 4.23. The fourth-order valence-corrected chi connectivity index (χ4v) is 1.85. The Bertz CT molecular complexity index is 711. The van der Waals surface area contributed by atoms with Crippen molar-refractivity contribution in [1.82, 2.24) is 0 Å². The quantitative estimate of drug-likeness (QED) is 0.845. The number of nitrogen functional groups attached to an aromatic ring is 1. The first-order valence-electron chi connectivity index (χ1n) is 6.07. The highest BCUT2D eigenvalue weighted by molar-refractivity contribution is 5.71. The number of ether oxygens (including phenoxy) is 2. The molecule has 0 aliphatic carbocycles. The van der Waals surface area contributed by atoms with Gasteiger partial charge in [0, 0.05) is 18.2 Å². The molecule has 0 radical (unpaired) electrons. The first-order valence-corrected chi connectivity index (χ1v) is 6.07. The minimum atomic E-state index is -0.514. The van der Waals surface area contributed by atoms with E-state index in [0.717, 1.165) is 0 Å². The Labute approximate surface area is 121 Å². The van der Waals surface area contributed by atoms with Gasteiger partial charge in [0.25, 0.3) is 0 Å². The molecule has 0 fully saturated rings. The average Bonchev–Trinajstić information content (AvgIpc) is 2.50. The molecule has 21 heavy (non-hydrogen) atoms. The summed E-state index contributed by atoms with van der Waals surface area (Å²) in [6.07, 6.45) is 0. The van der Waals surface area contributed by atoms with Crippen LogP contribution in [-0.2, 0) is 0 Å². The lowest BCUT2D eigenvalue weighted by atomic mass is 10.2. The van der Waals surface area contributed by atoms with E-state index in [1.54, 1.807) is 18.2 Å². The van der Waals surface area contributed by atoms with Crippen LogP contribution in [0, 0.1) is 17.1 Å². The van der Waals surface area contributed by atoms with Gasteiger partial charge in [-0.2, -0.15) is 5.26 Å². The van der Waals surface area contributed by atoms with Crippen LogP contribution in [-0.4, -0.2) is 14.2 Å². The predicted octanol–water partition coefficient (Wildman–Crippen LogP) is 3.04. The number of anilines is 3. The number of halogens is 1. The van der Waals surface area contributed by atoms with E-state index < -0.39 is 5.82 Å². The minimum absolute atomic E-state index is 0.198. The molecule has 5 nitrogen and oxygen atoms in total. The number of hydrogen-bond donors (Lipinski definition) is 2. The molecule has 6 heteroatoms. The van der Waals surface area contributed by atoms with Crippen molar-refractivity contribution in [2.45, 2.75) is 0 Å². The van der Waals surface area contributed by atoms with Crippen molar-refractivity contribution < 1.29 is 13.9 Å². The molecule has 0 heterocycles. The minimum Gasteiger partial charge on any atom is -0.495 e. The lowest BCUT2D eigenvalue weighted by Crippen LogP contribution is -2.00. The molecule has 0 bridgehead atoms. The Morgan fingerprint density at radius 2 is 1.81 bits per heavy atom. The molecule has 2 rings (SSSR count). The molecule has 0 aliphatic heterocycles. The molecular weight excluding hydrogens is 273 g/mol. The third-order valence-corrected chi connectivity index (χ3v) is 2.92. The topological polar surface area (TPSA) is 80.3 Å². The van der Waals surface area contributed by atoms with E-state index in [1.165, 1.54) is 26.4 Å². The SMILES string of the molecule is COc1cc(Nc2ccc(C#N)cc2OC)c(F)cc1N. The van der Waals surface area contributed by atoms with E-state index in [-0.39, 0.29) is 11.4 Å². The fourth-order valence-electron chi connectivity index (χ4n) is 1.85. The predicted molar refractivity (Wildman–Crippen MR) is 78.4 cm³/mol. The summed E-state index contributed by atoms with van der Waals surface area (Å²) in [7, 11) is 2.93. The molecule has 0 amide bonds. The summed E-state index contributed by atoms with van der Waals surface area (Å²) in [6, 6.07) is 9.46. The highest BCUT2D eigenvalue weighted by Gasteiger charge is 2.11. The van der Waals surface area contributed by atoms with Crippen LogP contribution in [0.25, 0.3) is 0 Å². The molecule has 108 valence electrons. The molecule has 0 saturated carbocycles. The van der Waals surface area contributed by atoms with Crippen LogP contribution in [0.15, 0.2) is 30.3 Å². The molecular formula is C15H14FN3O2. The lowest BCUT2D eigenvalue weighted by Gasteiger charge is -2.14. The summed E-state index contributed by atoms with van der Waals surface area (Å²) >= 11 is 0. The van der Waals surface area contributed by atoms with Gasteiger partial charge in [-0.25, -0.2) is 4.39 Å². The highest BCUT2D eigenvalue weighted by Crippen LogP contribution is 2.33. The van der Waals surface area contributed by atoms with E-state index in [1.807, 2.05) is 6.07 Å². The van der Waals surface area contributed by atoms with Crippen LogP contribution in [0.4, 0.5) is 21.5 Å². The Kier molecular flexibility index (Phi) is 4.14. The van der Waals surface area contributed by atoms with E-state index >= 15 is 0 Å². The van der Waals surface area contributed by atoms with Gasteiger partial charge in [-0.3, -0.25) is 0 Å². The molecule has 0 spiro atoms. The number of rotatable bonds is 4. The number of nitrogens with zero attached hydrogens (tertiary/aromatic N) is 1. The zero-order valence-corrected chi connectivity index (χ0v) is 11.6. The maximum atomic E-state index is 13.9. The van der Waals surface area contributed by atoms with Gasteiger partial charge >= 0.3 is 0 Å². The summed E-state index contributed by atoms with van der Waals surface area (Å²) in [5.74, 6) is 0.287. The van der Waals surface area contributed by atoms with Crippen molar-refractivity contribution in [3.63, 3.8) is 0 Å². The second kappa shape index (κ2) is 6.01. The second-order valence-electron chi connectivity index (χ2n) is 4.23. The normalized spacial score (nSPS) is 9.81. The van der Waals surface area contributed by atoms with Crippen molar-refractivity contribution in [3.05, 3.63) is 41.7 Å². The molecule has 2 aromatic carbocycles. The largest absolute Gasteiger partial charge is 0.495 e. The first-order chi connectivity index (χ1) is 10.1. The molecule has 3 N–H and O–H groups in total. The maximum absolute atomic E-state index is 13.9. The summed E-state index contributed by atoms with van der Waals surface area (Å²) < 4.78 is 24.2. The zero-order valence-electron chi connectivity index (χ0n) is 11.6. The number of nitrogens with two attached hydrogens (primary N) is 1. The number of benzene rings is 2. The van der Waals surface area contributed by atoms with E-state index in [0.29, 0.717) is 22.7 Å². The van der Waals surface area contributed by atoms with Crippen molar-refractivity contribution in [3.8, 4) is 17.6 Å². The van der Waals surface area contributed by atoms with Gasteiger partial charge in [-0.15, -0.1) is 0 Å². The monoisotopic (exact) mass is 287 g/mol. The number of nitrogens with one attached hydrogen (secondary N) is 1. The first kappa shape index (κ1) is 14.5. The molecule has 0 unspecified atom stereocenters. The standard InChI is InChI=1S/C15H14FN3O2/c1-20-14-7-13(10(16)6-11(14)18)19-12-4-3-9(8-17)5-15(12)21-2/h3-7,19H,18H2,1-2H3. The molecule has 0 atom stereocenters. The smallest absolute Gasteiger partial charge is 0.148 e. The lowest BCUT2D eigenvalue weighted by molar-refractivity contribution is 0.415. The van der Waals surface area contributed by atoms with Gasteiger partial charge in [0.1, 0.15) is 17.3 Å². The molecule has 0 aliphatic rings. The van der Waals surface area contributed by atoms with Crippen LogP contribution < -0.4 is 20.5 Å². The number of hydrogen-bond acceptors (Lipinski definition) is 5. The third kappa shape index (κ3) is 2.98. The maximum Gasteiger partial charge on any atom is 0.148 e. The third-order valence-electron chi connectivity index (χ3n) is 2.92. The summed E-state index contributed by atoms with van der Waals surface area (Å²) in [4.78, 5) is 0. The number of methoxy groups -OCH3 is 2. The van der Waals surface area contributed by atoms with Crippen LogP contribution in [0.3, 0.4) is 0 Å². The van der Waals surface area contributed by atoms with Crippen LogP contribution in [0.2, 0.25) is 0 Å².